The van der Waals surface area contributed by atoms with E-state index >= 15 is 0 Å². The lowest BCUT2D eigenvalue weighted by atomic mass is 10.4. The highest BCUT2D eigenvalue weighted by Crippen LogP contribution is 2.11. The molecule has 0 spiro atoms. The first-order chi connectivity index (χ1) is 4.18. The third-order valence-corrected chi connectivity index (χ3v) is 1.35. The van der Waals surface area contributed by atoms with Crippen LogP contribution in [0.4, 0.5) is 9.59 Å². The van der Waals surface area contributed by atoms with E-state index in [2.05, 4.69) is 0 Å². The molecule has 0 aromatic rings. The Hall–Kier alpha value is -1.06. The molecule has 0 saturated carbocycles. The van der Waals surface area contributed by atoms with Crippen molar-refractivity contribution >= 4 is 12.1 Å². The number of hydrogen-bond acceptors (Lipinski definition) is 2. The van der Waals surface area contributed by atoms with Gasteiger partial charge in [-0.1, -0.05) is 0 Å². The zero-order chi connectivity index (χ0) is 7.02. The zero-order valence-corrected chi connectivity index (χ0v) is 5.42. The quantitative estimate of drug-likeness (QED) is 0.515. The lowest BCUT2D eigenvalue weighted by molar-refractivity contribution is 0.118. The number of imide groups is 2. The van der Waals surface area contributed by atoms with E-state index in [0.717, 1.165) is 4.90 Å². The zero-order valence-electron chi connectivity index (χ0n) is 5.42. The van der Waals surface area contributed by atoms with Crippen LogP contribution in [0.1, 0.15) is 6.92 Å². The molecule has 4 nitrogen and oxygen atoms in total. The topological polar surface area (TPSA) is 40.6 Å². The van der Waals surface area contributed by atoms with Crippen LogP contribution in [0.2, 0.25) is 0 Å². The molecule has 4 amide bonds. The summed E-state index contributed by atoms with van der Waals surface area (Å²) in [7, 11) is 1.47. The van der Waals surface area contributed by atoms with Crippen molar-refractivity contribution in [2.45, 2.75) is 6.92 Å². The Morgan fingerprint density at radius 2 is 1.78 bits per heavy atom. The van der Waals surface area contributed by atoms with Gasteiger partial charge in [0.25, 0.3) is 0 Å². The van der Waals surface area contributed by atoms with E-state index < -0.39 is 0 Å². The fourth-order valence-corrected chi connectivity index (χ4v) is 0.752. The molecular formula is C5H8N2O2. The maximum absolute atomic E-state index is 10.6. The predicted molar refractivity (Wildman–Crippen MR) is 30.9 cm³/mol. The lowest BCUT2D eigenvalue weighted by Crippen LogP contribution is -2.61. The molecule has 1 rings (SSSR count). The summed E-state index contributed by atoms with van der Waals surface area (Å²) >= 11 is 0. The average Bonchev–Trinajstić information content (AvgIpc) is 1.89. The van der Waals surface area contributed by atoms with Gasteiger partial charge >= 0.3 is 12.1 Å². The van der Waals surface area contributed by atoms with Crippen molar-refractivity contribution in [1.29, 1.82) is 0 Å². The number of hydrogen-bond donors (Lipinski definition) is 0. The van der Waals surface area contributed by atoms with Gasteiger partial charge in [0.15, 0.2) is 0 Å². The Morgan fingerprint density at radius 3 is 2.00 bits per heavy atom. The van der Waals surface area contributed by atoms with E-state index in [4.69, 9.17) is 0 Å². The van der Waals surface area contributed by atoms with E-state index in [1.807, 2.05) is 0 Å². The van der Waals surface area contributed by atoms with E-state index in [1.54, 1.807) is 6.92 Å². The smallest absolute Gasteiger partial charge is 0.248 e. The molecule has 0 bridgehead atoms. The number of amides is 4. The van der Waals surface area contributed by atoms with Crippen LogP contribution in [0.15, 0.2) is 0 Å². The normalized spacial score (nSPS) is 18.4. The third-order valence-electron chi connectivity index (χ3n) is 1.35. The molecule has 1 saturated heterocycles. The van der Waals surface area contributed by atoms with Gasteiger partial charge in [-0.2, -0.15) is 0 Å². The number of urea groups is 2. The molecule has 1 fully saturated rings. The van der Waals surface area contributed by atoms with E-state index in [0.29, 0.717) is 6.54 Å². The second kappa shape index (κ2) is 1.72. The van der Waals surface area contributed by atoms with Crippen molar-refractivity contribution in [1.82, 2.24) is 9.80 Å². The molecule has 0 atom stereocenters. The largest absolute Gasteiger partial charge is 0.336 e. The molecule has 0 aliphatic carbocycles. The molecule has 50 valence electrons. The minimum atomic E-state index is -0.206. The summed E-state index contributed by atoms with van der Waals surface area (Å²) in [4.78, 5) is 23.5. The van der Waals surface area contributed by atoms with Gasteiger partial charge in [-0.3, -0.25) is 0 Å². The Morgan fingerprint density at radius 1 is 1.33 bits per heavy atom. The molecule has 9 heavy (non-hydrogen) atoms. The number of nitrogens with zero attached hydrogens (tertiary/aromatic N) is 2. The molecule has 1 heterocycles. The molecule has 0 radical (unpaired) electrons. The minimum Gasteiger partial charge on any atom is -0.248 e. The highest BCUT2D eigenvalue weighted by atomic mass is 16.2. The molecule has 0 N–H and O–H groups in total. The van der Waals surface area contributed by atoms with Crippen LogP contribution in [0.25, 0.3) is 0 Å². The van der Waals surface area contributed by atoms with Crippen LogP contribution in [-0.4, -0.2) is 35.5 Å². The van der Waals surface area contributed by atoms with Crippen molar-refractivity contribution in [3.05, 3.63) is 0 Å². The molecule has 0 aromatic heterocycles. The van der Waals surface area contributed by atoms with Gasteiger partial charge in [-0.05, 0) is 6.92 Å². The minimum absolute atomic E-state index is 0.206. The molecule has 4 heteroatoms. The van der Waals surface area contributed by atoms with Crippen molar-refractivity contribution in [3.63, 3.8) is 0 Å². The molecule has 0 unspecified atom stereocenters. The monoisotopic (exact) mass is 128 g/mol. The summed E-state index contributed by atoms with van der Waals surface area (Å²) in [6.45, 7) is 2.24. The van der Waals surface area contributed by atoms with E-state index in [1.165, 1.54) is 11.9 Å². The second-order valence-corrected chi connectivity index (χ2v) is 1.87. The highest BCUT2D eigenvalue weighted by Gasteiger charge is 2.38. The Balaban J connectivity index is 2.62. The summed E-state index contributed by atoms with van der Waals surface area (Å²) in [6.07, 6.45) is 0. The predicted octanol–water partition coefficient (Wildman–Crippen LogP) is 0.494. The standard InChI is InChI=1S/C5H8N2O2/c1-3-7-4(8)6(2)5(7)9/h3H2,1-2H3. The number of carbonyl (C=O) groups excluding carboxylic acids is 2. The van der Waals surface area contributed by atoms with Gasteiger partial charge in [-0.15, -0.1) is 0 Å². The van der Waals surface area contributed by atoms with Crippen LogP contribution in [0.5, 0.6) is 0 Å². The summed E-state index contributed by atoms with van der Waals surface area (Å²) in [5.41, 5.74) is 0. The van der Waals surface area contributed by atoms with Gasteiger partial charge in [0.1, 0.15) is 0 Å². The molecule has 0 aromatic carbocycles. The fourth-order valence-electron chi connectivity index (χ4n) is 0.752. The molecule has 1 aliphatic heterocycles. The summed E-state index contributed by atoms with van der Waals surface area (Å²) < 4.78 is 0. The first kappa shape index (κ1) is 6.07. The van der Waals surface area contributed by atoms with Crippen LogP contribution in [-0.2, 0) is 0 Å². The Bertz CT molecular complexity index is 150. The maximum Gasteiger partial charge on any atom is 0.336 e. The lowest BCUT2D eigenvalue weighted by Gasteiger charge is -2.35. The van der Waals surface area contributed by atoms with Gasteiger partial charge < -0.3 is 0 Å². The maximum atomic E-state index is 10.6. The first-order valence-electron chi connectivity index (χ1n) is 2.77. The van der Waals surface area contributed by atoms with Crippen molar-refractivity contribution in [2.24, 2.45) is 0 Å². The van der Waals surface area contributed by atoms with Crippen molar-refractivity contribution in [3.8, 4) is 0 Å². The molecule has 1 aliphatic rings. The number of rotatable bonds is 1. The summed E-state index contributed by atoms with van der Waals surface area (Å²) in [5.74, 6) is 0. The van der Waals surface area contributed by atoms with E-state index in [9.17, 15) is 9.59 Å². The van der Waals surface area contributed by atoms with Crippen LogP contribution in [0, 0.1) is 0 Å². The van der Waals surface area contributed by atoms with Crippen molar-refractivity contribution < 1.29 is 9.59 Å². The van der Waals surface area contributed by atoms with Crippen LogP contribution >= 0.6 is 0 Å². The van der Waals surface area contributed by atoms with Gasteiger partial charge in [0, 0.05) is 13.6 Å². The molecular weight excluding hydrogens is 120 g/mol. The summed E-state index contributed by atoms with van der Waals surface area (Å²) in [6, 6.07) is -0.412. The van der Waals surface area contributed by atoms with Gasteiger partial charge in [-0.25, -0.2) is 19.4 Å². The second-order valence-electron chi connectivity index (χ2n) is 1.87. The van der Waals surface area contributed by atoms with Crippen LogP contribution < -0.4 is 0 Å². The average molecular weight is 128 g/mol. The number of carbonyl (C=O) groups is 2. The summed E-state index contributed by atoms with van der Waals surface area (Å²) in [5, 5.41) is 0. The SMILES string of the molecule is CCN1C(=O)N(C)C1=O. The van der Waals surface area contributed by atoms with Gasteiger partial charge in [0.2, 0.25) is 0 Å². The third kappa shape index (κ3) is 0.590. The van der Waals surface area contributed by atoms with E-state index in [-0.39, 0.29) is 12.1 Å². The fraction of sp³-hybridized carbons (Fsp3) is 0.600. The van der Waals surface area contributed by atoms with Crippen LogP contribution in [0.3, 0.4) is 0 Å². The Kier molecular flexibility index (Phi) is 1.16. The Labute approximate surface area is 53.0 Å². The highest BCUT2D eigenvalue weighted by molar-refractivity contribution is 6.11. The van der Waals surface area contributed by atoms with Gasteiger partial charge in [0.05, 0.1) is 0 Å². The first-order valence-corrected chi connectivity index (χ1v) is 2.77. The van der Waals surface area contributed by atoms with Crippen molar-refractivity contribution in [2.75, 3.05) is 13.6 Å².